The minimum absolute atomic E-state index is 0.0583. The fourth-order valence-electron chi connectivity index (χ4n) is 3.99. The Morgan fingerprint density at radius 2 is 2.14 bits per heavy atom. The van der Waals surface area contributed by atoms with Gasteiger partial charge in [-0.1, -0.05) is 0 Å². The zero-order chi connectivity index (χ0) is 20.1. The number of aromatic nitrogens is 4. The van der Waals surface area contributed by atoms with E-state index in [1.165, 1.54) is 0 Å². The lowest BCUT2D eigenvalue weighted by Crippen LogP contribution is -2.24. The van der Waals surface area contributed by atoms with Gasteiger partial charge in [0.25, 0.3) is 0 Å². The van der Waals surface area contributed by atoms with Crippen LogP contribution >= 0.6 is 0 Å². The van der Waals surface area contributed by atoms with Gasteiger partial charge in [0.15, 0.2) is 0 Å². The van der Waals surface area contributed by atoms with Gasteiger partial charge < -0.3 is 14.7 Å². The molecule has 2 unspecified atom stereocenters. The van der Waals surface area contributed by atoms with Crippen molar-refractivity contribution in [2.24, 2.45) is 0 Å². The van der Waals surface area contributed by atoms with Crippen LogP contribution in [0.3, 0.4) is 0 Å². The number of fused-ring (bicyclic) bond motifs is 3. The number of aliphatic hydroxyl groups excluding tert-OH is 1. The van der Waals surface area contributed by atoms with Crippen molar-refractivity contribution in [2.45, 2.75) is 44.3 Å². The minimum atomic E-state index is -4.21. The Kier molecular flexibility index (Phi) is 4.78. The molecule has 4 heterocycles. The number of nitrogens with zero attached hydrogens (tertiary/aromatic N) is 4. The number of imidazole rings is 1. The van der Waals surface area contributed by atoms with Gasteiger partial charge in [0.05, 0.1) is 17.8 Å². The fraction of sp³-hybridized carbons (Fsp3) is 0.556. The van der Waals surface area contributed by atoms with Crippen LogP contribution in [0.5, 0.6) is 0 Å². The van der Waals surface area contributed by atoms with Crippen LogP contribution in [-0.4, -0.2) is 61.5 Å². The summed E-state index contributed by atoms with van der Waals surface area (Å²) in [4.78, 5) is 13.4. The molecule has 1 aliphatic rings. The van der Waals surface area contributed by atoms with Crippen molar-refractivity contribution in [1.29, 1.82) is 0 Å². The van der Waals surface area contributed by atoms with Crippen LogP contribution < -0.4 is 0 Å². The van der Waals surface area contributed by atoms with Crippen LogP contribution in [0.15, 0.2) is 18.5 Å². The van der Waals surface area contributed by atoms with E-state index in [4.69, 9.17) is 0 Å². The number of halogens is 4. The van der Waals surface area contributed by atoms with Gasteiger partial charge in [0.1, 0.15) is 29.3 Å². The normalized spacial score (nSPS) is 22.5. The summed E-state index contributed by atoms with van der Waals surface area (Å²) in [6, 6.07) is 1.18. The predicted octanol–water partition coefficient (Wildman–Crippen LogP) is 3.50. The van der Waals surface area contributed by atoms with Crippen LogP contribution in [0.4, 0.5) is 17.6 Å². The molecule has 3 aromatic heterocycles. The molecule has 10 heteroatoms. The van der Waals surface area contributed by atoms with Crippen LogP contribution in [0, 0.1) is 0 Å². The van der Waals surface area contributed by atoms with Crippen molar-refractivity contribution in [3.05, 3.63) is 24.3 Å². The first-order chi connectivity index (χ1) is 13.2. The van der Waals surface area contributed by atoms with Crippen molar-refractivity contribution >= 4 is 22.1 Å². The van der Waals surface area contributed by atoms with Gasteiger partial charge in [-0.25, -0.2) is 14.4 Å². The molecule has 3 aromatic rings. The zero-order valence-corrected chi connectivity index (χ0v) is 15.2. The molecule has 0 bridgehead atoms. The highest BCUT2D eigenvalue weighted by Crippen LogP contribution is 2.35. The fourth-order valence-corrected chi connectivity index (χ4v) is 3.99. The molecule has 1 saturated heterocycles. The van der Waals surface area contributed by atoms with Gasteiger partial charge in [0.2, 0.25) is 0 Å². The standard InChI is InChI=1S/C18H21F4N5O/c1-10(28)17-25-13-7-24-16-11(3-5-23-16)15(13)27(17)14-9-26(8-12(14)19)6-2-4-18(20,21)22/h3,5,7,10,12,14,28H,2,4,6,8-9H2,1H3,(H,23,24)/t10?,12?,14-/m1/s1. The molecule has 0 radical (unpaired) electrons. The average molecular weight is 399 g/mol. The van der Waals surface area contributed by atoms with Gasteiger partial charge in [-0.05, 0) is 26.0 Å². The highest BCUT2D eigenvalue weighted by molar-refractivity contribution is 6.01. The zero-order valence-electron chi connectivity index (χ0n) is 15.2. The number of likely N-dealkylation sites (tertiary alicyclic amines) is 1. The number of pyridine rings is 1. The van der Waals surface area contributed by atoms with E-state index >= 15 is 0 Å². The molecule has 0 spiro atoms. The third-order valence-electron chi connectivity index (χ3n) is 5.20. The Morgan fingerprint density at radius 3 is 2.86 bits per heavy atom. The second-order valence-corrected chi connectivity index (χ2v) is 7.31. The largest absolute Gasteiger partial charge is 0.389 e. The van der Waals surface area contributed by atoms with E-state index in [-0.39, 0.29) is 26.1 Å². The van der Waals surface area contributed by atoms with Crippen molar-refractivity contribution in [2.75, 3.05) is 19.6 Å². The predicted molar refractivity (Wildman–Crippen MR) is 95.7 cm³/mol. The van der Waals surface area contributed by atoms with Crippen LogP contribution in [0.1, 0.15) is 37.7 Å². The number of alkyl halides is 4. The number of aliphatic hydroxyl groups is 1. The number of rotatable bonds is 5. The number of nitrogens with one attached hydrogen (secondary N) is 1. The highest BCUT2D eigenvalue weighted by atomic mass is 19.4. The van der Waals surface area contributed by atoms with E-state index in [0.717, 1.165) is 5.39 Å². The molecular formula is C18H21F4N5O. The number of aromatic amines is 1. The van der Waals surface area contributed by atoms with Gasteiger partial charge >= 0.3 is 6.18 Å². The Balaban J connectivity index is 1.68. The first-order valence-corrected chi connectivity index (χ1v) is 9.20. The summed E-state index contributed by atoms with van der Waals surface area (Å²) in [6.07, 6.45) is -4.06. The molecule has 0 aromatic carbocycles. The molecule has 1 aliphatic heterocycles. The summed E-state index contributed by atoms with van der Waals surface area (Å²) in [5, 5.41) is 11.0. The lowest BCUT2D eigenvalue weighted by atomic mass is 10.2. The SMILES string of the molecule is CC(O)c1nc2cnc3[nH]ccc3c2n1[C@@H]1CN(CCCC(F)(F)F)CC1F. The molecule has 0 saturated carbocycles. The summed E-state index contributed by atoms with van der Waals surface area (Å²) in [5.41, 5.74) is 1.85. The third-order valence-corrected chi connectivity index (χ3v) is 5.20. The minimum Gasteiger partial charge on any atom is -0.385 e. The molecule has 3 atom stereocenters. The topological polar surface area (TPSA) is 70.0 Å². The van der Waals surface area contributed by atoms with Gasteiger partial charge in [0, 0.05) is 31.1 Å². The van der Waals surface area contributed by atoms with Crippen molar-refractivity contribution in [3.8, 4) is 0 Å². The molecular weight excluding hydrogens is 378 g/mol. The van der Waals surface area contributed by atoms with E-state index in [0.29, 0.717) is 22.5 Å². The Hall–Kier alpha value is -2.20. The summed E-state index contributed by atoms with van der Waals surface area (Å²) < 4.78 is 53.8. The van der Waals surface area contributed by atoms with Gasteiger partial charge in [-0.2, -0.15) is 13.2 Å². The van der Waals surface area contributed by atoms with Crippen LogP contribution in [0.25, 0.3) is 22.1 Å². The Morgan fingerprint density at radius 1 is 1.36 bits per heavy atom. The van der Waals surface area contributed by atoms with Gasteiger partial charge in [-0.15, -0.1) is 0 Å². The first-order valence-electron chi connectivity index (χ1n) is 9.20. The third kappa shape index (κ3) is 3.46. The number of hydrogen-bond donors (Lipinski definition) is 2. The lowest BCUT2D eigenvalue weighted by molar-refractivity contribution is -0.136. The molecule has 0 amide bonds. The average Bonchev–Trinajstić information content (AvgIpc) is 3.28. The maximum absolute atomic E-state index is 14.9. The maximum atomic E-state index is 14.9. The second kappa shape index (κ2) is 7.00. The van der Waals surface area contributed by atoms with Crippen LogP contribution in [-0.2, 0) is 0 Å². The Labute approximate surface area is 158 Å². The number of H-pyrrole nitrogens is 1. The van der Waals surface area contributed by atoms with Crippen molar-refractivity contribution < 1.29 is 22.7 Å². The van der Waals surface area contributed by atoms with E-state index in [9.17, 15) is 22.7 Å². The maximum Gasteiger partial charge on any atom is 0.389 e. The molecule has 2 N–H and O–H groups in total. The summed E-state index contributed by atoms with van der Waals surface area (Å²) in [6.45, 7) is 2.05. The monoisotopic (exact) mass is 399 g/mol. The van der Waals surface area contributed by atoms with E-state index in [1.54, 1.807) is 28.8 Å². The quantitative estimate of drug-likeness (QED) is 0.645. The van der Waals surface area contributed by atoms with Crippen molar-refractivity contribution in [1.82, 2.24) is 24.4 Å². The number of hydrogen-bond acceptors (Lipinski definition) is 4. The summed E-state index contributed by atoms with van der Waals surface area (Å²) in [5.74, 6) is 0.329. The van der Waals surface area contributed by atoms with E-state index in [2.05, 4.69) is 15.0 Å². The van der Waals surface area contributed by atoms with Gasteiger partial charge in [-0.3, -0.25) is 4.90 Å². The smallest absolute Gasteiger partial charge is 0.385 e. The molecule has 4 rings (SSSR count). The molecule has 28 heavy (non-hydrogen) atoms. The van der Waals surface area contributed by atoms with Crippen LogP contribution in [0.2, 0.25) is 0 Å². The van der Waals surface area contributed by atoms with E-state index < -0.39 is 30.9 Å². The second-order valence-electron chi connectivity index (χ2n) is 7.31. The molecule has 0 aliphatic carbocycles. The lowest BCUT2D eigenvalue weighted by Gasteiger charge is -2.20. The van der Waals surface area contributed by atoms with E-state index in [1.807, 2.05) is 6.07 Å². The van der Waals surface area contributed by atoms with Crippen molar-refractivity contribution in [3.63, 3.8) is 0 Å². The highest BCUT2D eigenvalue weighted by Gasteiger charge is 2.37. The molecule has 1 fully saturated rings. The molecule has 152 valence electrons. The summed E-state index contributed by atoms with van der Waals surface area (Å²) in [7, 11) is 0. The summed E-state index contributed by atoms with van der Waals surface area (Å²) >= 11 is 0. The first kappa shape index (κ1) is 19.1. The Bertz CT molecular complexity index is 980. The molecule has 6 nitrogen and oxygen atoms in total.